The van der Waals surface area contributed by atoms with E-state index in [1.807, 2.05) is 10.8 Å². The molecule has 0 saturated heterocycles. The average Bonchev–Trinajstić information content (AvgIpc) is 2.83. The summed E-state index contributed by atoms with van der Waals surface area (Å²) >= 11 is 0. The van der Waals surface area contributed by atoms with Gasteiger partial charge >= 0.3 is 0 Å². The molecule has 1 aromatic carbocycles. The molecule has 0 radical (unpaired) electrons. The Balaban J connectivity index is 1.83. The summed E-state index contributed by atoms with van der Waals surface area (Å²) in [5.41, 5.74) is 0. The SMILES string of the molecule is O=S(CCCn1ccnc1)c1ccc(F)cc1. The molecule has 90 valence electrons. The number of benzene rings is 1. The highest BCUT2D eigenvalue weighted by atomic mass is 32.2. The predicted octanol–water partition coefficient (Wildman–Crippen LogP) is 2.22. The van der Waals surface area contributed by atoms with Crippen LogP contribution in [0.1, 0.15) is 6.42 Å². The summed E-state index contributed by atoms with van der Waals surface area (Å²) < 4.78 is 26.5. The van der Waals surface area contributed by atoms with Crippen molar-refractivity contribution in [1.29, 1.82) is 0 Å². The van der Waals surface area contributed by atoms with E-state index in [2.05, 4.69) is 4.98 Å². The Kier molecular flexibility index (Phi) is 4.03. The maximum Gasteiger partial charge on any atom is 0.123 e. The third-order valence-corrected chi connectivity index (χ3v) is 3.84. The number of rotatable bonds is 5. The lowest BCUT2D eigenvalue weighted by atomic mass is 10.4. The minimum Gasteiger partial charge on any atom is -0.337 e. The number of hydrogen-bond acceptors (Lipinski definition) is 2. The summed E-state index contributed by atoms with van der Waals surface area (Å²) in [5.74, 6) is 0.272. The van der Waals surface area contributed by atoms with Crippen molar-refractivity contribution in [3.05, 3.63) is 48.8 Å². The lowest BCUT2D eigenvalue weighted by Crippen LogP contribution is -2.03. The van der Waals surface area contributed by atoms with Gasteiger partial charge in [0.1, 0.15) is 5.82 Å². The second-order valence-electron chi connectivity index (χ2n) is 3.66. The van der Waals surface area contributed by atoms with Gasteiger partial charge in [-0.25, -0.2) is 9.37 Å². The van der Waals surface area contributed by atoms with Crippen LogP contribution in [0.3, 0.4) is 0 Å². The van der Waals surface area contributed by atoms with Crippen molar-refractivity contribution < 1.29 is 8.60 Å². The summed E-state index contributed by atoms with van der Waals surface area (Å²) in [6.07, 6.45) is 6.14. The van der Waals surface area contributed by atoms with E-state index in [4.69, 9.17) is 0 Å². The molecule has 0 fully saturated rings. The van der Waals surface area contributed by atoms with Crippen LogP contribution < -0.4 is 0 Å². The quantitative estimate of drug-likeness (QED) is 0.818. The molecule has 1 heterocycles. The minimum atomic E-state index is -1.05. The largest absolute Gasteiger partial charge is 0.337 e. The molecule has 0 bridgehead atoms. The number of hydrogen-bond donors (Lipinski definition) is 0. The lowest BCUT2D eigenvalue weighted by molar-refractivity contribution is 0.626. The van der Waals surface area contributed by atoms with Gasteiger partial charge in [0.25, 0.3) is 0 Å². The molecular weight excluding hydrogens is 239 g/mol. The van der Waals surface area contributed by atoms with Crippen molar-refractivity contribution in [1.82, 2.24) is 9.55 Å². The molecule has 1 atom stereocenters. The van der Waals surface area contributed by atoms with Crippen LogP contribution in [-0.4, -0.2) is 19.5 Å². The molecule has 0 aliphatic heterocycles. The Hall–Kier alpha value is -1.49. The molecule has 0 aliphatic carbocycles. The molecule has 0 amide bonds. The van der Waals surface area contributed by atoms with Crippen molar-refractivity contribution in [3.63, 3.8) is 0 Å². The number of aryl methyl sites for hydroxylation is 1. The van der Waals surface area contributed by atoms with Gasteiger partial charge < -0.3 is 4.57 Å². The zero-order chi connectivity index (χ0) is 12.1. The smallest absolute Gasteiger partial charge is 0.123 e. The van der Waals surface area contributed by atoms with Gasteiger partial charge in [0.05, 0.1) is 17.1 Å². The highest BCUT2D eigenvalue weighted by Crippen LogP contribution is 2.09. The molecule has 2 aromatic rings. The van der Waals surface area contributed by atoms with Gasteiger partial charge in [-0.05, 0) is 30.7 Å². The van der Waals surface area contributed by atoms with Crippen LogP contribution in [0, 0.1) is 5.82 Å². The van der Waals surface area contributed by atoms with Crippen LogP contribution in [0.25, 0.3) is 0 Å². The number of imidazole rings is 1. The van der Waals surface area contributed by atoms with Crippen LogP contribution in [0.5, 0.6) is 0 Å². The van der Waals surface area contributed by atoms with Gasteiger partial charge in [-0.2, -0.15) is 0 Å². The minimum absolute atomic E-state index is 0.302. The summed E-state index contributed by atoms with van der Waals surface area (Å²) in [6, 6.07) is 5.82. The van der Waals surface area contributed by atoms with Gasteiger partial charge in [-0.15, -0.1) is 0 Å². The monoisotopic (exact) mass is 252 g/mol. The highest BCUT2D eigenvalue weighted by molar-refractivity contribution is 7.85. The van der Waals surface area contributed by atoms with E-state index in [0.717, 1.165) is 13.0 Å². The summed E-state index contributed by atoms with van der Waals surface area (Å²) in [5, 5.41) is 0. The maximum atomic E-state index is 12.7. The fraction of sp³-hybridized carbons (Fsp3) is 0.250. The molecular formula is C12H13FN2OS. The highest BCUT2D eigenvalue weighted by Gasteiger charge is 2.03. The van der Waals surface area contributed by atoms with E-state index < -0.39 is 10.8 Å². The Labute approximate surface area is 102 Å². The normalized spacial score (nSPS) is 12.5. The predicted molar refractivity (Wildman–Crippen MR) is 64.5 cm³/mol. The third-order valence-electron chi connectivity index (χ3n) is 2.38. The maximum absolute atomic E-state index is 12.7. The number of aromatic nitrogens is 2. The van der Waals surface area contributed by atoms with E-state index in [1.165, 1.54) is 12.1 Å². The first kappa shape index (κ1) is 12.0. The Morgan fingerprint density at radius 3 is 2.71 bits per heavy atom. The van der Waals surface area contributed by atoms with Gasteiger partial charge in [0.15, 0.2) is 0 Å². The first-order chi connectivity index (χ1) is 8.25. The van der Waals surface area contributed by atoms with Crippen LogP contribution in [-0.2, 0) is 17.3 Å². The fourth-order valence-electron chi connectivity index (χ4n) is 1.50. The third kappa shape index (κ3) is 3.49. The van der Waals surface area contributed by atoms with Crippen molar-refractivity contribution in [2.24, 2.45) is 0 Å². The van der Waals surface area contributed by atoms with Crippen molar-refractivity contribution >= 4 is 10.8 Å². The lowest BCUT2D eigenvalue weighted by Gasteiger charge is -2.03. The summed E-state index contributed by atoms with van der Waals surface area (Å²) in [4.78, 5) is 4.61. The standard InChI is InChI=1S/C12H13FN2OS/c13-11-2-4-12(5-3-11)17(16)9-1-7-15-8-6-14-10-15/h2-6,8,10H,1,7,9H2. The van der Waals surface area contributed by atoms with E-state index in [-0.39, 0.29) is 5.82 Å². The average molecular weight is 252 g/mol. The zero-order valence-electron chi connectivity index (χ0n) is 9.25. The van der Waals surface area contributed by atoms with Gasteiger partial charge in [0.2, 0.25) is 0 Å². The Morgan fingerprint density at radius 1 is 1.29 bits per heavy atom. The molecule has 0 aliphatic rings. The Morgan fingerprint density at radius 2 is 2.06 bits per heavy atom. The van der Waals surface area contributed by atoms with Crippen molar-refractivity contribution in [2.75, 3.05) is 5.75 Å². The fourth-order valence-corrected chi connectivity index (χ4v) is 2.57. The van der Waals surface area contributed by atoms with Crippen molar-refractivity contribution in [2.45, 2.75) is 17.9 Å². The van der Waals surface area contributed by atoms with Gasteiger partial charge in [-0.3, -0.25) is 4.21 Å². The van der Waals surface area contributed by atoms with Gasteiger partial charge in [-0.1, -0.05) is 0 Å². The topological polar surface area (TPSA) is 34.9 Å². The molecule has 5 heteroatoms. The van der Waals surface area contributed by atoms with E-state index >= 15 is 0 Å². The molecule has 3 nitrogen and oxygen atoms in total. The van der Waals surface area contributed by atoms with Crippen molar-refractivity contribution in [3.8, 4) is 0 Å². The molecule has 2 rings (SSSR count). The Bertz CT molecular complexity index is 482. The van der Waals surface area contributed by atoms with Crippen LogP contribution in [0.15, 0.2) is 47.9 Å². The summed E-state index contributed by atoms with van der Waals surface area (Å²) in [6.45, 7) is 0.799. The molecule has 0 spiro atoms. The first-order valence-electron chi connectivity index (χ1n) is 5.35. The zero-order valence-corrected chi connectivity index (χ0v) is 10.1. The second-order valence-corrected chi connectivity index (χ2v) is 5.23. The molecule has 17 heavy (non-hydrogen) atoms. The van der Waals surface area contributed by atoms with Gasteiger partial charge in [0, 0.05) is 29.6 Å². The van der Waals surface area contributed by atoms with E-state index in [1.54, 1.807) is 24.7 Å². The second kappa shape index (κ2) is 5.72. The van der Waals surface area contributed by atoms with E-state index in [0.29, 0.717) is 10.6 Å². The first-order valence-corrected chi connectivity index (χ1v) is 6.67. The molecule has 1 aromatic heterocycles. The number of nitrogens with zero attached hydrogens (tertiary/aromatic N) is 2. The van der Waals surface area contributed by atoms with E-state index in [9.17, 15) is 8.60 Å². The molecule has 0 N–H and O–H groups in total. The van der Waals surface area contributed by atoms with Crippen LogP contribution in [0.4, 0.5) is 4.39 Å². The molecule has 1 unspecified atom stereocenters. The molecule has 0 saturated carbocycles. The van der Waals surface area contributed by atoms with Crippen LogP contribution >= 0.6 is 0 Å². The summed E-state index contributed by atoms with van der Waals surface area (Å²) in [7, 11) is -1.05. The number of halogens is 1. The van der Waals surface area contributed by atoms with Crippen LogP contribution in [0.2, 0.25) is 0 Å².